The molecule has 0 saturated heterocycles. The van der Waals surface area contributed by atoms with Gasteiger partial charge >= 0.3 is 6.18 Å². The number of rotatable bonds is 3. The van der Waals surface area contributed by atoms with E-state index in [9.17, 15) is 30.8 Å². The quantitative estimate of drug-likeness (QED) is 0.630. The SMILES string of the molecule is CS(=O)(=O)CC(=O)c1ccc(F)cc1C(F)(F)F. The molecule has 0 spiro atoms. The molecule has 0 unspecified atom stereocenters. The molecule has 0 bridgehead atoms. The van der Waals surface area contributed by atoms with Crippen LogP contribution in [0, 0.1) is 5.82 Å². The fourth-order valence-electron chi connectivity index (χ4n) is 1.31. The van der Waals surface area contributed by atoms with Gasteiger partial charge in [-0.3, -0.25) is 4.79 Å². The molecular weight excluding hydrogens is 276 g/mol. The largest absolute Gasteiger partial charge is 0.417 e. The van der Waals surface area contributed by atoms with Gasteiger partial charge in [0.2, 0.25) is 0 Å². The van der Waals surface area contributed by atoms with Crippen molar-refractivity contribution >= 4 is 15.6 Å². The average Bonchev–Trinajstić information content (AvgIpc) is 2.13. The summed E-state index contributed by atoms with van der Waals surface area (Å²) < 4.78 is 72.1. The molecule has 8 heteroatoms. The van der Waals surface area contributed by atoms with E-state index in [1.165, 1.54) is 0 Å². The summed E-state index contributed by atoms with van der Waals surface area (Å²) in [7, 11) is -3.75. The predicted molar refractivity (Wildman–Crippen MR) is 55.4 cm³/mol. The first kappa shape index (κ1) is 14.6. The van der Waals surface area contributed by atoms with Gasteiger partial charge in [-0.1, -0.05) is 0 Å². The molecule has 0 aromatic heterocycles. The number of carbonyl (C=O) groups excluding carboxylic acids is 1. The molecule has 0 radical (unpaired) electrons. The van der Waals surface area contributed by atoms with Crippen molar-refractivity contribution in [2.24, 2.45) is 0 Å². The Hall–Kier alpha value is -1.44. The second-order valence-corrected chi connectivity index (χ2v) is 5.82. The topological polar surface area (TPSA) is 51.2 Å². The van der Waals surface area contributed by atoms with Gasteiger partial charge in [0.15, 0.2) is 15.6 Å². The normalized spacial score (nSPS) is 12.5. The lowest BCUT2D eigenvalue weighted by molar-refractivity contribution is -0.138. The summed E-state index contributed by atoms with van der Waals surface area (Å²) in [5.41, 5.74) is -2.33. The highest BCUT2D eigenvalue weighted by atomic mass is 32.2. The first-order chi connectivity index (χ1) is 8.00. The maximum atomic E-state index is 12.7. The minimum atomic E-state index is -4.93. The molecule has 0 saturated carbocycles. The number of ketones is 1. The van der Waals surface area contributed by atoms with Crippen LogP contribution in [0.5, 0.6) is 0 Å². The van der Waals surface area contributed by atoms with E-state index in [2.05, 4.69) is 0 Å². The Morgan fingerprint density at radius 3 is 2.28 bits per heavy atom. The Balaban J connectivity index is 3.29. The third-order valence-corrected chi connectivity index (χ3v) is 2.77. The Morgan fingerprint density at radius 2 is 1.83 bits per heavy atom. The van der Waals surface area contributed by atoms with E-state index in [0.717, 1.165) is 6.26 Å². The van der Waals surface area contributed by atoms with Gasteiger partial charge in [0.05, 0.1) is 5.56 Å². The summed E-state index contributed by atoms with van der Waals surface area (Å²) in [4.78, 5) is 11.4. The van der Waals surface area contributed by atoms with Crippen molar-refractivity contribution in [1.82, 2.24) is 0 Å². The summed E-state index contributed by atoms with van der Waals surface area (Å²) >= 11 is 0. The van der Waals surface area contributed by atoms with E-state index in [0.29, 0.717) is 12.1 Å². The molecule has 0 fully saturated rings. The summed E-state index contributed by atoms with van der Waals surface area (Å²) in [6.07, 6.45) is -4.20. The maximum Gasteiger partial charge on any atom is 0.417 e. The summed E-state index contributed by atoms with van der Waals surface area (Å²) in [6.45, 7) is 0. The summed E-state index contributed by atoms with van der Waals surface area (Å²) in [6, 6.07) is 1.46. The molecule has 0 heterocycles. The van der Waals surface area contributed by atoms with Gasteiger partial charge in [-0.25, -0.2) is 12.8 Å². The van der Waals surface area contributed by atoms with Crippen LogP contribution in [0.4, 0.5) is 17.6 Å². The first-order valence-electron chi connectivity index (χ1n) is 4.58. The number of hydrogen-bond acceptors (Lipinski definition) is 3. The number of sulfone groups is 1. The highest BCUT2D eigenvalue weighted by molar-refractivity contribution is 7.91. The van der Waals surface area contributed by atoms with Gasteiger partial charge in [-0.15, -0.1) is 0 Å². The van der Waals surface area contributed by atoms with Crippen LogP contribution in [-0.2, 0) is 16.0 Å². The zero-order valence-electron chi connectivity index (χ0n) is 9.08. The third-order valence-electron chi connectivity index (χ3n) is 1.98. The lowest BCUT2D eigenvalue weighted by atomic mass is 10.0. The van der Waals surface area contributed by atoms with Crippen LogP contribution < -0.4 is 0 Å². The van der Waals surface area contributed by atoms with Crippen LogP contribution in [0.15, 0.2) is 18.2 Å². The van der Waals surface area contributed by atoms with Crippen molar-refractivity contribution in [2.45, 2.75) is 6.18 Å². The highest BCUT2D eigenvalue weighted by Gasteiger charge is 2.36. The van der Waals surface area contributed by atoms with E-state index >= 15 is 0 Å². The molecule has 0 N–H and O–H groups in total. The molecule has 0 amide bonds. The molecule has 1 aromatic rings. The van der Waals surface area contributed by atoms with E-state index in [1.54, 1.807) is 0 Å². The summed E-state index contributed by atoms with van der Waals surface area (Å²) in [5, 5.41) is 0. The molecule has 0 atom stereocenters. The predicted octanol–water partition coefficient (Wildman–Crippen LogP) is 2.07. The Morgan fingerprint density at radius 1 is 1.28 bits per heavy atom. The number of Topliss-reactive ketones (excluding diaryl/α,β-unsaturated/α-hetero) is 1. The lowest BCUT2D eigenvalue weighted by Crippen LogP contribution is -2.19. The van der Waals surface area contributed by atoms with Gasteiger partial charge in [-0.2, -0.15) is 13.2 Å². The smallest absolute Gasteiger partial charge is 0.293 e. The number of hydrogen-bond donors (Lipinski definition) is 0. The Bertz CT molecular complexity index is 575. The Kier molecular flexibility index (Phi) is 3.80. The Labute approximate surface area is 100 Å². The van der Waals surface area contributed by atoms with E-state index in [-0.39, 0.29) is 6.07 Å². The van der Waals surface area contributed by atoms with Crippen LogP contribution in [0.1, 0.15) is 15.9 Å². The van der Waals surface area contributed by atoms with Crippen molar-refractivity contribution in [2.75, 3.05) is 12.0 Å². The van der Waals surface area contributed by atoms with Gasteiger partial charge in [0.1, 0.15) is 11.6 Å². The van der Waals surface area contributed by atoms with Gasteiger partial charge < -0.3 is 0 Å². The summed E-state index contributed by atoms with van der Waals surface area (Å²) in [5.74, 6) is -3.43. The van der Waals surface area contributed by atoms with E-state index < -0.39 is 44.5 Å². The third kappa shape index (κ3) is 3.80. The fraction of sp³-hybridized carbons (Fsp3) is 0.300. The molecule has 0 aliphatic rings. The number of carbonyl (C=O) groups is 1. The van der Waals surface area contributed by atoms with Gasteiger partial charge in [0, 0.05) is 11.8 Å². The molecular formula is C10H8F4O3S. The number of alkyl halides is 3. The molecule has 1 aromatic carbocycles. The second kappa shape index (κ2) is 4.68. The van der Waals surface area contributed by atoms with Crippen LogP contribution in [0.2, 0.25) is 0 Å². The highest BCUT2D eigenvalue weighted by Crippen LogP contribution is 2.32. The fourth-order valence-corrected chi connectivity index (χ4v) is 1.94. The van der Waals surface area contributed by atoms with E-state index in [1.807, 2.05) is 0 Å². The van der Waals surface area contributed by atoms with Crippen molar-refractivity contribution in [1.29, 1.82) is 0 Å². The van der Waals surface area contributed by atoms with Gasteiger partial charge in [0.25, 0.3) is 0 Å². The van der Waals surface area contributed by atoms with Crippen LogP contribution in [0.25, 0.3) is 0 Å². The molecule has 0 aliphatic heterocycles. The van der Waals surface area contributed by atoms with Crippen LogP contribution >= 0.6 is 0 Å². The molecule has 18 heavy (non-hydrogen) atoms. The zero-order chi connectivity index (χ0) is 14.1. The number of benzene rings is 1. The average molecular weight is 284 g/mol. The number of halogens is 4. The molecule has 100 valence electrons. The molecule has 3 nitrogen and oxygen atoms in total. The minimum absolute atomic E-state index is 0.162. The van der Waals surface area contributed by atoms with Crippen molar-refractivity contribution < 1.29 is 30.8 Å². The monoisotopic (exact) mass is 284 g/mol. The van der Waals surface area contributed by atoms with Crippen LogP contribution in [0.3, 0.4) is 0 Å². The maximum absolute atomic E-state index is 12.7. The van der Waals surface area contributed by atoms with Crippen molar-refractivity contribution in [3.05, 3.63) is 35.1 Å². The second-order valence-electron chi connectivity index (χ2n) is 3.68. The van der Waals surface area contributed by atoms with Crippen molar-refractivity contribution in [3.8, 4) is 0 Å². The first-order valence-corrected chi connectivity index (χ1v) is 6.64. The van der Waals surface area contributed by atoms with E-state index in [4.69, 9.17) is 0 Å². The molecule has 0 aliphatic carbocycles. The lowest BCUT2D eigenvalue weighted by Gasteiger charge is -2.11. The van der Waals surface area contributed by atoms with Crippen molar-refractivity contribution in [3.63, 3.8) is 0 Å². The standard InChI is InChI=1S/C10H8F4O3S/c1-18(16,17)5-9(15)7-3-2-6(11)4-8(7)10(12,13)14/h2-4H,5H2,1H3. The molecule has 1 rings (SSSR count). The van der Waals surface area contributed by atoms with Gasteiger partial charge in [-0.05, 0) is 18.2 Å². The van der Waals surface area contributed by atoms with Crippen LogP contribution in [-0.4, -0.2) is 26.2 Å². The zero-order valence-corrected chi connectivity index (χ0v) is 9.90. The minimum Gasteiger partial charge on any atom is -0.293 e.